The van der Waals surface area contributed by atoms with Crippen LogP contribution in [0.5, 0.6) is 0 Å². The van der Waals surface area contributed by atoms with Crippen LogP contribution in [0.1, 0.15) is 108 Å². The number of anilines is 6. The molecule has 0 aromatic heterocycles. The molecule has 0 saturated heterocycles. The van der Waals surface area contributed by atoms with Crippen LogP contribution in [0.4, 0.5) is 34.1 Å². The Balaban J connectivity index is 0.727. The molecule has 0 atom stereocenters. The van der Waals surface area contributed by atoms with Gasteiger partial charge in [-0.3, -0.25) is 0 Å². The first-order valence-corrected chi connectivity index (χ1v) is 37.6. The first kappa shape index (κ1) is 55.9. The summed E-state index contributed by atoms with van der Waals surface area (Å²) in [5, 5.41) is 2.94. The zero-order valence-electron chi connectivity index (χ0n) is 52.3. The lowest BCUT2D eigenvalue weighted by Gasteiger charge is -2.29. The second-order valence-corrected chi connectivity index (χ2v) is 38.3. The number of aryl methyl sites for hydroxylation is 2. The molecular weight excluding hydrogens is 1060 g/mol. The number of fused-ring (bicyclic) bond motifs is 9. The number of hydrogen-bond donors (Lipinski definition) is 0. The van der Waals surface area contributed by atoms with Gasteiger partial charge >= 0.3 is 0 Å². The highest BCUT2D eigenvalue weighted by molar-refractivity contribution is 6.89. The van der Waals surface area contributed by atoms with E-state index >= 15 is 0 Å². The van der Waals surface area contributed by atoms with E-state index in [2.05, 4.69) is 335 Å². The smallest absolute Gasteiger partial charge is 0.0775 e. The second-order valence-electron chi connectivity index (χ2n) is 28.2. The van der Waals surface area contributed by atoms with Crippen molar-refractivity contribution in [2.75, 3.05) is 9.80 Å². The van der Waals surface area contributed by atoms with Gasteiger partial charge in [0.05, 0.1) is 16.1 Å². The molecule has 0 saturated carbocycles. The molecule has 10 aromatic rings. The van der Waals surface area contributed by atoms with Gasteiger partial charge in [-0.2, -0.15) is 0 Å². The fourth-order valence-corrected chi connectivity index (χ4v) is 16.3. The van der Waals surface area contributed by atoms with Crippen molar-refractivity contribution in [3.63, 3.8) is 0 Å². The van der Waals surface area contributed by atoms with Crippen LogP contribution in [0.25, 0.3) is 57.7 Å². The maximum atomic E-state index is 2.45. The topological polar surface area (TPSA) is 6.48 Å². The van der Waals surface area contributed by atoms with Crippen molar-refractivity contribution in [1.29, 1.82) is 0 Å². The van der Waals surface area contributed by atoms with Crippen molar-refractivity contribution in [3.05, 3.63) is 273 Å². The molecule has 0 spiro atoms. The van der Waals surface area contributed by atoms with E-state index in [-0.39, 0.29) is 16.2 Å². The van der Waals surface area contributed by atoms with E-state index in [1.807, 2.05) is 0 Å². The number of nitrogens with zero attached hydrogens (tertiary/aromatic N) is 2. The van der Waals surface area contributed by atoms with E-state index in [1.165, 1.54) is 145 Å². The summed E-state index contributed by atoms with van der Waals surface area (Å²) in [5.41, 5.74) is 30.2. The minimum Gasteiger partial charge on any atom is -0.310 e. The fraction of sp³-hybridized carbons (Fsp3) is 0.210. The third kappa shape index (κ3) is 9.91. The molecule has 0 radical (unpaired) electrons. The number of hydrogen-bond acceptors (Lipinski definition) is 2. The van der Waals surface area contributed by atoms with Crippen LogP contribution in [0, 0.1) is 13.8 Å². The summed E-state index contributed by atoms with van der Waals surface area (Å²) in [7, 11) is -2.89. The lowest BCUT2D eigenvalue weighted by molar-refractivity contribution is 0.660. The minimum absolute atomic E-state index is 0.151. The SMILES string of the molecule is Cc1cccc(N(c2ccc([Si](C)(C)C)cc2)c2ccc3c(c2)C(C)(C)c2cc(/C=C/c4ccc5c(c4)C(C)(C)c4cc(/C=C/c6ccc7c(c6)C(C)(C)c6cc(N(c8ccc([Si](C)(C)C)cc8)c8cccc(C)c8)ccc6-7)ccc4-5)ccc2-3)c1. The molecule has 0 fully saturated rings. The van der Waals surface area contributed by atoms with Crippen LogP contribution in [-0.4, -0.2) is 16.1 Å². The maximum Gasteiger partial charge on any atom is 0.0775 e. The minimum atomic E-state index is -1.45. The Morgan fingerprint density at radius 2 is 0.518 bits per heavy atom. The molecule has 2 nitrogen and oxygen atoms in total. The van der Waals surface area contributed by atoms with Gasteiger partial charge in [0.1, 0.15) is 0 Å². The monoisotopic (exact) mass is 1140 g/mol. The quantitative estimate of drug-likeness (QED) is 0.0889. The lowest BCUT2D eigenvalue weighted by Crippen LogP contribution is -2.37. The highest BCUT2D eigenvalue weighted by atomic mass is 28.3. The molecular formula is C81H80N2Si2. The average molecular weight is 1140 g/mol. The van der Waals surface area contributed by atoms with Gasteiger partial charge in [0.25, 0.3) is 0 Å². The van der Waals surface area contributed by atoms with Crippen molar-refractivity contribution in [3.8, 4) is 33.4 Å². The van der Waals surface area contributed by atoms with Gasteiger partial charge in [-0.05, 0) is 187 Å². The third-order valence-corrected chi connectivity index (χ3v) is 23.2. The summed E-state index contributed by atoms with van der Waals surface area (Å²) in [6.07, 6.45) is 9.22. The Kier molecular flexibility index (Phi) is 13.5. The summed E-state index contributed by atoms with van der Waals surface area (Å²) >= 11 is 0. The van der Waals surface area contributed by atoms with Gasteiger partial charge in [0, 0.05) is 50.4 Å². The average Bonchev–Trinajstić information content (AvgIpc) is 1.69. The van der Waals surface area contributed by atoms with Crippen molar-refractivity contribution < 1.29 is 0 Å². The Morgan fingerprint density at radius 1 is 0.271 bits per heavy atom. The van der Waals surface area contributed by atoms with Crippen LogP contribution in [0.3, 0.4) is 0 Å². The van der Waals surface area contributed by atoms with E-state index in [0.29, 0.717) is 0 Å². The van der Waals surface area contributed by atoms with Gasteiger partial charge in [-0.25, -0.2) is 0 Å². The van der Waals surface area contributed by atoms with Crippen molar-refractivity contribution >= 4 is 84.9 Å². The van der Waals surface area contributed by atoms with E-state index in [9.17, 15) is 0 Å². The Morgan fingerprint density at radius 3 is 0.788 bits per heavy atom. The van der Waals surface area contributed by atoms with Crippen LogP contribution >= 0.6 is 0 Å². The van der Waals surface area contributed by atoms with Crippen molar-refractivity contribution in [1.82, 2.24) is 0 Å². The van der Waals surface area contributed by atoms with Gasteiger partial charge in [-0.1, -0.05) is 249 Å². The maximum absolute atomic E-state index is 2.45. The molecule has 85 heavy (non-hydrogen) atoms. The fourth-order valence-electron chi connectivity index (χ4n) is 14.0. The highest BCUT2D eigenvalue weighted by Crippen LogP contribution is 2.54. The first-order chi connectivity index (χ1) is 40.4. The Labute approximate surface area is 508 Å². The van der Waals surface area contributed by atoms with Crippen LogP contribution < -0.4 is 20.2 Å². The second kappa shape index (κ2) is 20.5. The number of benzene rings is 10. The van der Waals surface area contributed by atoms with Gasteiger partial charge in [-0.15, -0.1) is 0 Å². The normalized spacial score (nSPS) is 14.9. The predicted molar refractivity (Wildman–Crippen MR) is 375 cm³/mol. The first-order valence-electron chi connectivity index (χ1n) is 30.6. The lowest BCUT2D eigenvalue weighted by atomic mass is 9.81. The van der Waals surface area contributed by atoms with E-state index in [1.54, 1.807) is 0 Å². The van der Waals surface area contributed by atoms with Gasteiger partial charge < -0.3 is 9.80 Å². The molecule has 13 rings (SSSR count). The molecule has 0 heterocycles. The summed E-state index contributed by atoms with van der Waals surface area (Å²) in [6, 6.07) is 78.9. The molecule has 0 bridgehead atoms. The van der Waals surface area contributed by atoms with Crippen molar-refractivity contribution in [2.45, 2.75) is 111 Å². The van der Waals surface area contributed by atoms with Gasteiger partial charge in [0.2, 0.25) is 0 Å². The zero-order valence-corrected chi connectivity index (χ0v) is 54.3. The molecule has 0 amide bonds. The largest absolute Gasteiger partial charge is 0.310 e. The summed E-state index contributed by atoms with van der Waals surface area (Å²) in [5.74, 6) is 0. The number of rotatable bonds is 12. The molecule has 3 aliphatic carbocycles. The van der Waals surface area contributed by atoms with Crippen molar-refractivity contribution in [2.24, 2.45) is 0 Å². The summed E-state index contributed by atoms with van der Waals surface area (Å²) in [6.45, 7) is 33.2. The molecule has 0 N–H and O–H groups in total. The molecule has 3 aliphatic rings. The predicted octanol–water partition coefficient (Wildman–Crippen LogP) is 21.6. The third-order valence-electron chi connectivity index (χ3n) is 19.0. The molecule has 0 unspecified atom stereocenters. The Hall–Kier alpha value is -8.29. The van der Waals surface area contributed by atoms with Crippen LogP contribution in [0.15, 0.2) is 206 Å². The summed E-state index contributed by atoms with van der Waals surface area (Å²) in [4.78, 5) is 4.86. The standard InChI is InChI=1S/C81H80N2Si2/c1-53-17-15-19-61(45-53)82(59-29-35-65(36-30-59)84(9,10)11)63-33-43-71-69-41-27-57(49-75(69)80(5,6)77(71)51-63)23-21-55-25-39-67-68-40-26-56(48-74(68)79(3,4)73(67)47-55)22-24-58-28-42-70-72-44-34-64(52-78(72)81(7,8)76(70)50-58)83(62-20-16-18-54(2)46-62)60-31-37-66(38-32-60)85(12,13)14/h15-52H,1-14H3/b23-21+,24-22+. The molecule has 0 aliphatic heterocycles. The van der Waals surface area contributed by atoms with E-state index in [4.69, 9.17) is 0 Å². The van der Waals surface area contributed by atoms with Crippen LogP contribution in [0.2, 0.25) is 39.3 Å². The Bertz CT molecular complexity index is 4080. The zero-order chi connectivity index (χ0) is 59.5. The molecule has 422 valence electrons. The summed E-state index contributed by atoms with van der Waals surface area (Å²) < 4.78 is 0. The highest BCUT2D eigenvalue weighted by Gasteiger charge is 2.39. The molecule has 10 aromatic carbocycles. The van der Waals surface area contributed by atoms with E-state index < -0.39 is 16.1 Å². The van der Waals surface area contributed by atoms with Gasteiger partial charge in [0.15, 0.2) is 0 Å². The van der Waals surface area contributed by atoms with E-state index in [0.717, 1.165) is 0 Å². The molecule has 4 heteroatoms. The van der Waals surface area contributed by atoms with Crippen LogP contribution in [-0.2, 0) is 16.2 Å².